The van der Waals surface area contributed by atoms with Gasteiger partial charge in [0.25, 0.3) is 5.91 Å². The summed E-state index contributed by atoms with van der Waals surface area (Å²) in [5, 5.41) is 21.7. The Morgan fingerprint density at radius 2 is 1.81 bits per heavy atom. The Kier molecular flexibility index (Phi) is 6.72. The zero-order valence-corrected chi connectivity index (χ0v) is 15.5. The number of nitrogens with one attached hydrogen (secondary N) is 1. The van der Waals surface area contributed by atoms with Gasteiger partial charge < -0.3 is 15.5 Å². The maximum Gasteiger partial charge on any atom is 0.251 e. The third-order valence-corrected chi connectivity index (χ3v) is 5.80. The van der Waals surface area contributed by atoms with E-state index in [1.54, 1.807) is 11.8 Å². The summed E-state index contributed by atoms with van der Waals surface area (Å²) in [7, 11) is 0. The summed E-state index contributed by atoms with van der Waals surface area (Å²) in [5.74, 6) is 0.883. The van der Waals surface area contributed by atoms with Crippen LogP contribution in [0.4, 0.5) is 0 Å². The number of aliphatic hydroxyl groups is 2. The van der Waals surface area contributed by atoms with Gasteiger partial charge in [-0.3, -0.25) is 4.79 Å². The predicted octanol–water partition coefficient (Wildman–Crippen LogP) is 2.88. The second kappa shape index (κ2) is 9.21. The first kappa shape index (κ1) is 19.0. The number of hydrogen-bond donors (Lipinski definition) is 3. The van der Waals surface area contributed by atoms with E-state index in [4.69, 9.17) is 5.11 Å². The van der Waals surface area contributed by atoms with Crippen LogP contribution in [-0.2, 0) is 6.42 Å². The van der Waals surface area contributed by atoms with Crippen LogP contribution in [0, 0.1) is 5.92 Å². The molecule has 3 N–H and O–H groups in total. The molecule has 2 aromatic carbocycles. The second-order valence-electron chi connectivity index (χ2n) is 6.75. The van der Waals surface area contributed by atoms with E-state index in [1.165, 1.54) is 5.56 Å². The average Bonchev–Trinajstić information content (AvgIpc) is 2.64. The summed E-state index contributed by atoms with van der Waals surface area (Å²) in [4.78, 5) is 13.7. The van der Waals surface area contributed by atoms with E-state index in [9.17, 15) is 9.90 Å². The van der Waals surface area contributed by atoms with E-state index < -0.39 is 0 Å². The standard InChI is InChI=1S/C21H25NO3S/c23-10-11-26-19-8-6-16(7-9-19)21(25)22-20(17-13-18(24)14-17)12-15-4-2-1-3-5-15/h1-9,17-18,20,23-24H,10-14H2,(H,22,25)/t17?,18?,20-/m1/s1. The Morgan fingerprint density at radius 1 is 1.12 bits per heavy atom. The van der Waals surface area contributed by atoms with Crippen LogP contribution in [0.5, 0.6) is 0 Å². The highest BCUT2D eigenvalue weighted by Crippen LogP contribution is 2.32. The van der Waals surface area contributed by atoms with Gasteiger partial charge >= 0.3 is 0 Å². The van der Waals surface area contributed by atoms with E-state index >= 15 is 0 Å². The van der Waals surface area contributed by atoms with Crippen LogP contribution in [0.15, 0.2) is 59.5 Å². The van der Waals surface area contributed by atoms with Crippen molar-refractivity contribution in [1.29, 1.82) is 0 Å². The zero-order chi connectivity index (χ0) is 18.4. The lowest BCUT2D eigenvalue weighted by molar-refractivity contribution is 0.0239. The van der Waals surface area contributed by atoms with Crippen molar-refractivity contribution in [2.75, 3.05) is 12.4 Å². The molecular formula is C21H25NO3S. The molecule has 4 nitrogen and oxygen atoms in total. The lowest BCUT2D eigenvalue weighted by Crippen LogP contribution is -2.48. The number of carbonyl (C=O) groups excluding carboxylic acids is 1. The Labute approximate surface area is 158 Å². The molecule has 3 rings (SSSR count). The lowest BCUT2D eigenvalue weighted by atomic mass is 9.75. The number of rotatable bonds is 8. The molecule has 138 valence electrons. The number of carbonyl (C=O) groups is 1. The van der Waals surface area contributed by atoms with Crippen LogP contribution in [-0.4, -0.2) is 40.6 Å². The molecule has 1 aliphatic carbocycles. The van der Waals surface area contributed by atoms with Crippen molar-refractivity contribution >= 4 is 17.7 Å². The highest BCUT2D eigenvalue weighted by Gasteiger charge is 2.34. The van der Waals surface area contributed by atoms with Gasteiger partial charge in [0.15, 0.2) is 0 Å². The minimum absolute atomic E-state index is 0.0248. The lowest BCUT2D eigenvalue weighted by Gasteiger charge is -2.38. The molecule has 1 fully saturated rings. The highest BCUT2D eigenvalue weighted by atomic mass is 32.2. The van der Waals surface area contributed by atoms with Gasteiger partial charge in [-0.05, 0) is 55.0 Å². The topological polar surface area (TPSA) is 69.6 Å². The molecule has 0 aliphatic heterocycles. The van der Waals surface area contributed by atoms with Gasteiger partial charge in [-0.1, -0.05) is 30.3 Å². The Morgan fingerprint density at radius 3 is 2.42 bits per heavy atom. The van der Waals surface area contributed by atoms with Gasteiger partial charge in [-0.25, -0.2) is 0 Å². The van der Waals surface area contributed by atoms with Gasteiger partial charge in [0.1, 0.15) is 0 Å². The quantitative estimate of drug-likeness (QED) is 0.624. The molecule has 0 aromatic heterocycles. The van der Waals surface area contributed by atoms with E-state index in [0.29, 0.717) is 17.2 Å². The fourth-order valence-corrected chi connectivity index (χ4v) is 3.94. The first-order valence-electron chi connectivity index (χ1n) is 9.02. The van der Waals surface area contributed by atoms with Gasteiger partial charge in [-0.15, -0.1) is 11.8 Å². The van der Waals surface area contributed by atoms with Crippen molar-refractivity contribution in [1.82, 2.24) is 5.32 Å². The Hall–Kier alpha value is -1.82. The number of thioether (sulfide) groups is 1. The van der Waals surface area contributed by atoms with Crippen LogP contribution in [0.2, 0.25) is 0 Å². The summed E-state index contributed by atoms with van der Waals surface area (Å²) >= 11 is 1.56. The minimum atomic E-state index is -0.238. The molecular weight excluding hydrogens is 346 g/mol. The van der Waals surface area contributed by atoms with Crippen molar-refractivity contribution in [3.63, 3.8) is 0 Å². The SMILES string of the molecule is O=C(N[C@H](Cc1ccccc1)C1CC(O)C1)c1ccc(SCCO)cc1. The van der Waals surface area contributed by atoms with Crippen molar-refractivity contribution in [3.05, 3.63) is 65.7 Å². The fourth-order valence-electron chi connectivity index (χ4n) is 3.28. The van der Waals surface area contributed by atoms with E-state index in [2.05, 4.69) is 17.4 Å². The van der Waals surface area contributed by atoms with Crippen LogP contribution in [0.25, 0.3) is 0 Å². The third kappa shape index (κ3) is 5.10. The molecule has 26 heavy (non-hydrogen) atoms. The third-order valence-electron chi connectivity index (χ3n) is 4.81. The number of aliphatic hydroxyl groups excluding tert-OH is 2. The molecule has 1 aliphatic rings. The molecule has 0 unspecified atom stereocenters. The summed E-state index contributed by atoms with van der Waals surface area (Å²) < 4.78 is 0. The summed E-state index contributed by atoms with van der Waals surface area (Å²) in [6.45, 7) is 0.140. The maximum absolute atomic E-state index is 12.7. The van der Waals surface area contributed by atoms with Crippen molar-refractivity contribution in [2.45, 2.75) is 36.3 Å². The molecule has 0 heterocycles. The first-order valence-corrected chi connectivity index (χ1v) is 10.0. The van der Waals surface area contributed by atoms with Crippen molar-refractivity contribution in [2.24, 2.45) is 5.92 Å². The van der Waals surface area contributed by atoms with Crippen LogP contribution >= 0.6 is 11.8 Å². The van der Waals surface area contributed by atoms with Gasteiger partial charge in [0.05, 0.1) is 12.7 Å². The minimum Gasteiger partial charge on any atom is -0.396 e. The van der Waals surface area contributed by atoms with Crippen LogP contribution in [0.1, 0.15) is 28.8 Å². The smallest absolute Gasteiger partial charge is 0.251 e. The molecule has 0 radical (unpaired) electrons. The van der Waals surface area contributed by atoms with E-state index in [1.807, 2.05) is 42.5 Å². The fraction of sp³-hybridized carbons (Fsp3) is 0.381. The van der Waals surface area contributed by atoms with Crippen molar-refractivity contribution in [3.8, 4) is 0 Å². The van der Waals surface area contributed by atoms with E-state index in [-0.39, 0.29) is 24.7 Å². The summed E-state index contributed by atoms with van der Waals surface area (Å²) in [6.07, 6.45) is 2.02. The number of hydrogen-bond acceptors (Lipinski definition) is 4. The number of benzene rings is 2. The molecule has 1 saturated carbocycles. The second-order valence-corrected chi connectivity index (χ2v) is 7.92. The summed E-state index contributed by atoms with van der Waals surface area (Å²) in [6, 6.07) is 17.6. The Bertz CT molecular complexity index is 699. The summed E-state index contributed by atoms with van der Waals surface area (Å²) in [5.41, 5.74) is 1.83. The maximum atomic E-state index is 12.7. The first-order chi connectivity index (χ1) is 12.7. The number of amides is 1. The average molecular weight is 372 g/mol. The molecule has 1 atom stereocenters. The van der Waals surface area contributed by atoms with Crippen molar-refractivity contribution < 1.29 is 15.0 Å². The van der Waals surface area contributed by atoms with Gasteiger partial charge in [-0.2, -0.15) is 0 Å². The molecule has 0 bridgehead atoms. The van der Waals surface area contributed by atoms with Gasteiger partial charge in [0.2, 0.25) is 0 Å². The molecule has 1 amide bonds. The largest absolute Gasteiger partial charge is 0.396 e. The highest BCUT2D eigenvalue weighted by molar-refractivity contribution is 7.99. The Balaban J connectivity index is 1.64. The van der Waals surface area contributed by atoms with Crippen LogP contribution < -0.4 is 5.32 Å². The normalized spacial score (nSPS) is 20.2. The molecule has 0 spiro atoms. The zero-order valence-electron chi connectivity index (χ0n) is 14.7. The van der Waals surface area contributed by atoms with Crippen LogP contribution in [0.3, 0.4) is 0 Å². The molecule has 5 heteroatoms. The van der Waals surface area contributed by atoms with E-state index in [0.717, 1.165) is 24.2 Å². The molecule has 0 saturated heterocycles. The molecule has 2 aromatic rings. The predicted molar refractivity (Wildman–Crippen MR) is 104 cm³/mol. The monoisotopic (exact) mass is 371 g/mol. The van der Waals surface area contributed by atoms with Gasteiger partial charge in [0, 0.05) is 22.3 Å².